The molecule has 0 bridgehead atoms. The first-order valence-electron chi connectivity index (χ1n) is 8.80. The van der Waals surface area contributed by atoms with E-state index < -0.39 is 0 Å². The first-order chi connectivity index (χ1) is 13.6. The van der Waals surface area contributed by atoms with Crippen LogP contribution in [0.2, 0.25) is 10.0 Å². The summed E-state index contributed by atoms with van der Waals surface area (Å²) >= 11 is 12.5. The van der Waals surface area contributed by atoms with Gasteiger partial charge in [-0.25, -0.2) is 9.97 Å². The van der Waals surface area contributed by atoms with Crippen LogP contribution < -0.4 is 10.2 Å². The zero-order valence-electron chi connectivity index (χ0n) is 14.8. The van der Waals surface area contributed by atoms with Crippen LogP contribution in [0.5, 0.6) is 0 Å². The smallest absolute Gasteiger partial charge is 0.227 e. The summed E-state index contributed by atoms with van der Waals surface area (Å²) in [6, 6.07) is 5.27. The third-order valence-corrected chi connectivity index (χ3v) is 5.17. The van der Waals surface area contributed by atoms with Crippen LogP contribution in [-0.4, -0.2) is 44.0 Å². The fourth-order valence-electron chi connectivity index (χ4n) is 3.18. The first kappa shape index (κ1) is 18.6. The van der Waals surface area contributed by atoms with Crippen LogP contribution in [0.1, 0.15) is 12.8 Å². The molecule has 0 aromatic carbocycles. The van der Waals surface area contributed by atoms with E-state index >= 15 is 0 Å². The standard InChI is InChI=1S/C18H17Cl2N7O/c19-14-2-1-5-21-16(14)26-8-3-12(4-9-26)18(28)25-13-10-15(20)17(22-11-13)27-23-6-7-24-27/h1-2,5-7,10-12H,3-4,8-9H2,(H,25,28). The number of aromatic nitrogens is 5. The normalized spacial score (nSPS) is 14.9. The van der Waals surface area contributed by atoms with Crippen LogP contribution in [-0.2, 0) is 4.79 Å². The van der Waals surface area contributed by atoms with E-state index in [1.54, 1.807) is 24.5 Å². The van der Waals surface area contributed by atoms with Gasteiger partial charge in [0.15, 0.2) is 5.82 Å². The maximum atomic E-state index is 12.6. The summed E-state index contributed by atoms with van der Waals surface area (Å²) in [6.45, 7) is 1.44. The predicted molar refractivity (Wildman–Crippen MR) is 107 cm³/mol. The van der Waals surface area contributed by atoms with Crippen molar-refractivity contribution in [3.05, 3.63) is 53.0 Å². The van der Waals surface area contributed by atoms with Crippen LogP contribution in [0.25, 0.3) is 5.82 Å². The fourth-order valence-corrected chi connectivity index (χ4v) is 3.66. The Balaban J connectivity index is 1.37. The van der Waals surface area contributed by atoms with Crippen molar-refractivity contribution in [2.45, 2.75) is 12.8 Å². The molecule has 1 saturated heterocycles. The lowest BCUT2D eigenvalue weighted by Gasteiger charge is -2.32. The Hall–Kier alpha value is -2.71. The Morgan fingerprint density at radius 2 is 1.79 bits per heavy atom. The van der Waals surface area contributed by atoms with E-state index in [0.29, 0.717) is 21.6 Å². The highest BCUT2D eigenvalue weighted by atomic mass is 35.5. The summed E-state index contributed by atoms with van der Waals surface area (Å²) in [7, 11) is 0. The molecule has 0 saturated carbocycles. The minimum absolute atomic E-state index is 0.0467. The summed E-state index contributed by atoms with van der Waals surface area (Å²) in [5.41, 5.74) is 0.543. The van der Waals surface area contributed by atoms with E-state index in [9.17, 15) is 4.79 Å². The molecule has 1 fully saturated rings. The van der Waals surface area contributed by atoms with E-state index in [2.05, 4.69) is 30.4 Å². The molecule has 4 heterocycles. The lowest BCUT2D eigenvalue weighted by molar-refractivity contribution is -0.120. The molecule has 0 atom stereocenters. The van der Waals surface area contributed by atoms with Crippen molar-refractivity contribution < 1.29 is 4.79 Å². The number of halogens is 2. The number of rotatable bonds is 4. The molecule has 1 aliphatic rings. The van der Waals surface area contributed by atoms with Crippen LogP contribution in [0, 0.1) is 5.92 Å². The van der Waals surface area contributed by atoms with E-state index in [0.717, 1.165) is 31.7 Å². The number of carbonyl (C=O) groups excluding carboxylic acids is 1. The molecule has 0 unspecified atom stereocenters. The molecule has 1 aliphatic heterocycles. The second kappa shape index (κ2) is 8.12. The molecule has 3 aromatic heterocycles. The molecule has 10 heteroatoms. The van der Waals surface area contributed by atoms with Crippen LogP contribution >= 0.6 is 23.2 Å². The van der Waals surface area contributed by atoms with Crippen molar-refractivity contribution in [2.75, 3.05) is 23.3 Å². The number of nitrogens with one attached hydrogen (secondary N) is 1. The third kappa shape index (κ3) is 3.93. The third-order valence-electron chi connectivity index (χ3n) is 4.60. The molecule has 8 nitrogen and oxygen atoms in total. The van der Waals surface area contributed by atoms with E-state index in [1.807, 2.05) is 6.07 Å². The second-order valence-electron chi connectivity index (χ2n) is 6.41. The molecule has 4 rings (SSSR count). The topological polar surface area (TPSA) is 88.8 Å². The largest absolute Gasteiger partial charge is 0.355 e. The number of hydrogen-bond acceptors (Lipinski definition) is 6. The van der Waals surface area contributed by atoms with Gasteiger partial charge in [0.2, 0.25) is 5.91 Å². The van der Waals surface area contributed by atoms with Crippen molar-refractivity contribution in [2.24, 2.45) is 5.92 Å². The minimum atomic E-state index is -0.0926. The average Bonchev–Trinajstić information content (AvgIpc) is 3.23. The van der Waals surface area contributed by atoms with Gasteiger partial charge in [0.05, 0.1) is 34.3 Å². The summed E-state index contributed by atoms with van der Waals surface area (Å²) in [4.78, 5) is 24.6. The van der Waals surface area contributed by atoms with Crippen molar-refractivity contribution >= 4 is 40.6 Å². The second-order valence-corrected chi connectivity index (χ2v) is 7.22. The Labute approximate surface area is 171 Å². The molecule has 1 amide bonds. The number of carbonyl (C=O) groups is 1. The van der Waals surface area contributed by atoms with Gasteiger partial charge in [0, 0.05) is 25.2 Å². The number of piperidine rings is 1. The molecule has 3 aromatic rings. The number of pyridine rings is 2. The zero-order valence-corrected chi connectivity index (χ0v) is 16.3. The average molecular weight is 418 g/mol. The quantitative estimate of drug-likeness (QED) is 0.700. The highest BCUT2D eigenvalue weighted by Gasteiger charge is 2.26. The molecule has 0 radical (unpaired) electrons. The molecule has 144 valence electrons. The SMILES string of the molecule is O=C(Nc1cnc(-n2nccn2)c(Cl)c1)C1CCN(c2ncccc2Cl)CC1. The summed E-state index contributed by atoms with van der Waals surface area (Å²) in [5.74, 6) is 1.03. The van der Waals surface area contributed by atoms with E-state index in [-0.39, 0.29) is 11.8 Å². The maximum absolute atomic E-state index is 12.6. The monoisotopic (exact) mass is 417 g/mol. The summed E-state index contributed by atoms with van der Waals surface area (Å²) in [5, 5.41) is 11.9. The molecule has 0 spiro atoms. The van der Waals surface area contributed by atoms with Gasteiger partial charge in [0.25, 0.3) is 0 Å². The van der Waals surface area contributed by atoms with Gasteiger partial charge in [-0.2, -0.15) is 10.2 Å². The van der Waals surface area contributed by atoms with Gasteiger partial charge in [-0.3, -0.25) is 4.79 Å². The minimum Gasteiger partial charge on any atom is -0.355 e. The van der Waals surface area contributed by atoms with Crippen LogP contribution in [0.4, 0.5) is 11.5 Å². The number of nitrogens with zero attached hydrogens (tertiary/aromatic N) is 6. The van der Waals surface area contributed by atoms with Gasteiger partial charge in [-0.15, -0.1) is 4.80 Å². The van der Waals surface area contributed by atoms with Gasteiger partial charge in [0.1, 0.15) is 5.82 Å². The summed E-state index contributed by atoms with van der Waals surface area (Å²) < 4.78 is 0. The lowest BCUT2D eigenvalue weighted by atomic mass is 9.96. The Morgan fingerprint density at radius 3 is 2.46 bits per heavy atom. The number of amides is 1. The summed E-state index contributed by atoms with van der Waals surface area (Å²) in [6.07, 6.45) is 7.78. The van der Waals surface area contributed by atoms with Crippen molar-refractivity contribution in [3.63, 3.8) is 0 Å². The Morgan fingerprint density at radius 1 is 1.04 bits per heavy atom. The number of hydrogen-bond donors (Lipinski definition) is 1. The van der Waals surface area contributed by atoms with E-state index in [1.165, 1.54) is 17.2 Å². The van der Waals surface area contributed by atoms with Gasteiger partial charge in [-0.05, 0) is 31.0 Å². The van der Waals surface area contributed by atoms with Crippen molar-refractivity contribution in [1.82, 2.24) is 25.0 Å². The van der Waals surface area contributed by atoms with Gasteiger partial charge < -0.3 is 10.2 Å². The zero-order chi connectivity index (χ0) is 19.5. The maximum Gasteiger partial charge on any atom is 0.227 e. The van der Waals surface area contributed by atoms with Gasteiger partial charge >= 0.3 is 0 Å². The van der Waals surface area contributed by atoms with Crippen molar-refractivity contribution in [1.29, 1.82) is 0 Å². The first-order valence-corrected chi connectivity index (χ1v) is 9.56. The van der Waals surface area contributed by atoms with Gasteiger partial charge in [-0.1, -0.05) is 23.2 Å². The Kier molecular flexibility index (Phi) is 5.40. The van der Waals surface area contributed by atoms with E-state index in [4.69, 9.17) is 23.2 Å². The highest BCUT2D eigenvalue weighted by molar-refractivity contribution is 6.33. The molecule has 0 aliphatic carbocycles. The van der Waals surface area contributed by atoms with Crippen LogP contribution in [0.15, 0.2) is 43.0 Å². The predicted octanol–water partition coefficient (Wildman–Crippen LogP) is 3.22. The molecule has 28 heavy (non-hydrogen) atoms. The molecular formula is C18H17Cl2N7O. The molecular weight excluding hydrogens is 401 g/mol. The highest BCUT2D eigenvalue weighted by Crippen LogP contribution is 2.28. The lowest BCUT2D eigenvalue weighted by Crippen LogP contribution is -2.38. The molecule has 1 N–H and O–H groups in total. The fraction of sp³-hybridized carbons (Fsp3) is 0.278. The number of anilines is 2. The van der Waals surface area contributed by atoms with Crippen molar-refractivity contribution in [3.8, 4) is 5.82 Å². The Bertz CT molecular complexity index is 972. The van der Waals surface area contributed by atoms with Crippen LogP contribution in [0.3, 0.4) is 0 Å².